The van der Waals surface area contributed by atoms with Crippen molar-refractivity contribution < 1.29 is 4.79 Å². The van der Waals surface area contributed by atoms with Crippen LogP contribution in [0.15, 0.2) is 0 Å². The summed E-state index contributed by atoms with van der Waals surface area (Å²) in [4.78, 5) is 11.7. The smallest absolute Gasteiger partial charge is 0.237 e. The molecule has 86 valence electrons. The molecular formula is C12H22N2O. The van der Waals surface area contributed by atoms with Crippen molar-refractivity contribution in [3.8, 4) is 0 Å². The normalized spacial score (nSPS) is 35.7. The first-order valence-corrected chi connectivity index (χ1v) is 6.32. The van der Waals surface area contributed by atoms with E-state index in [1.165, 1.54) is 25.7 Å². The van der Waals surface area contributed by atoms with Gasteiger partial charge in [0.25, 0.3) is 0 Å². The Hall–Kier alpha value is -0.570. The van der Waals surface area contributed by atoms with Gasteiger partial charge in [0, 0.05) is 6.54 Å². The van der Waals surface area contributed by atoms with E-state index in [0.29, 0.717) is 0 Å². The molecule has 1 saturated carbocycles. The van der Waals surface area contributed by atoms with Gasteiger partial charge in [-0.05, 0) is 38.1 Å². The van der Waals surface area contributed by atoms with Crippen molar-refractivity contribution in [2.45, 2.75) is 45.1 Å². The Morgan fingerprint density at radius 3 is 2.80 bits per heavy atom. The van der Waals surface area contributed by atoms with Crippen molar-refractivity contribution in [2.75, 3.05) is 13.1 Å². The van der Waals surface area contributed by atoms with Crippen LogP contribution >= 0.6 is 0 Å². The summed E-state index contributed by atoms with van der Waals surface area (Å²) in [6.45, 7) is 3.77. The number of rotatable bonds is 2. The largest absolute Gasteiger partial charge is 0.355 e. The molecular weight excluding hydrogens is 188 g/mol. The molecule has 0 radical (unpaired) electrons. The van der Waals surface area contributed by atoms with Gasteiger partial charge in [-0.25, -0.2) is 0 Å². The number of likely N-dealkylation sites (N-methyl/N-ethyl adjacent to an activating group) is 1. The molecule has 3 nitrogen and oxygen atoms in total. The van der Waals surface area contributed by atoms with Crippen LogP contribution in [0.25, 0.3) is 0 Å². The second kappa shape index (κ2) is 4.97. The van der Waals surface area contributed by atoms with Gasteiger partial charge in [0.2, 0.25) is 5.91 Å². The maximum atomic E-state index is 11.7. The Labute approximate surface area is 92.0 Å². The van der Waals surface area contributed by atoms with Crippen LogP contribution in [-0.4, -0.2) is 25.0 Å². The maximum absolute atomic E-state index is 11.7. The van der Waals surface area contributed by atoms with Crippen LogP contribution in [0.2, 0.25) is 0 Å². The predicted molar refractivity (Wildman–Crippen MR) is 60.5 cm³/mol. The maximum Gasteiger partial charge on any atom is 0.237 e. The number of carbonyl (C=O) groups excluding carboxylic acids is 1. The molecule has 1 aliphatic carbocycles. The number of amides is 1. The molecule has 1 aliphatic heterocycles. The lowest BCUT2D eigenvalue weighted by Gasteiger charge is -2.39. The first-order chi connectivity index (χ1) is 7.31. The monoisotopic (exact) mass is 210 g/mol. The van der Waals surface area contributed by atoms with E-state index in [0.717, 1.165) is 31.3 Å². The molecule has 3 atom stereocenters. The molecule has 1 heterocycles. The van der Waals surface area contributed by atoms with E-state index in [9.17, 15) is 4.79 Å². The van der Waals surface area contributed by atoms with Gasteiger partial charge in [-0.2, -0.15) is 0 Å². The van der Waals surface area contributed by atoms with Crippen molar-refractivity contribution in [3.05, 3.63) is 0 Å². The highest BCUT2D eigenvalue weighted by molar-refractivity contribution is 5.81. The number of carbonyl (C=O) groups is 1. The summed E-state index contributed by atoms with van der Waals surface area (Å²) in [5.74, 6) is 1.83. The molecule has 2 fully saturated rings. The van der Waals surface area contributed by atoms with Crippen molar-refractivity contribution in [2.24, 2.45) is 11.8 Å². The third-order valence-electron chi connectivity index (χ3n) is 3.90. The third-order valence-corrected chi connectivity index (χ3v) is 3.90. The van der Waals surface area contributed by atoms with Crippen molar-refractivity contribution in [1.29, 1.82) is 0 Å². The lowest BCUT2D eigenvalue weighted by Crippen LogP contribution is -2.52. The average Bonchev–Trinajstić information content (AvgIpc) is 2.29. The van der Waals surface area contributed by atoms with Gasteiger partial charge >= 0.3 is 0 Å². The fourth-order valence-electron chi connectivity index (χ4n) is 3.04. The Morgan fingerprint density at radius 1 is 1.33 bits per heavy atom. The van der Waals surface area contributed by atoms with Gasteiger partial charge in [0.15, 0.2) is 0 Å². The molecule has 15 heavy (non-hydrogen) atoms. The van der Waals surface area contributed by atoms with Crippen LogP contribution in [0.4, 0.5) is 0 Å². The molecule has 1 amide bonds. The van der Waals surface area contributed by atoms with Crippen LogP contribution in [0, 0.1) is 11.8 Å². The minimum atomic E-state index is 0.0734. The Morgan fingerprint density at radius 2 is 2.07 bits per heavy atom. The highest BCUT2D eigenvalue weighted by atomic mass is 16.2. The summed E-state index contributed by atoms with van der Waals surface area (Å²) in [5, 5.41) is 6.30. The molecule has 0 aromatic rings. The Bertz CT molecular complexity index is 230. The zero-order chi connectivity index (χ0) is 10.7. The number of nitrogens with one attached hydrogen (secondary N) is 2. The first kappa shape index (κ1) is 10.9. The van der Waals surface area contributed by atoms with Crippen molar-refractivity contribution >= 4 is 5.91 Å². The fraction of sp³-hybridized carbons (Fsp3) is 0.917. The molecule has 2 aliphatic rings. The van der Waals surface area contributed by atoms with Crippen LogP contribution in [0.5, 0.6) is 0 Å². The van der Waals surface area contributed by atoms with Gasteiger partial charge in [0.05, 0.1) is 6.04 Å². The lowest BCUT2D eigenvalue weighted by molar-refractivity contribution is -0.124. The predicted octanol–water partition coefficient (Wildman–Crippen LogP) is 1.29. The van der Waals surface area contributed by atoms with E-state index >= 15 is 0 Å². The molecule has 0 spiro atoms. The summed E-state index contributed by atoms with van der Waals surface area (Å²) in [7, 11) is 0. The van der Waals surface area contributed by atoms with E-state index in [4.69, 9.17) is 0 Å². The van der Waals surface area contributed by atoms with Crippen LogP contribution in [-0.2, 0) is 4.79 Å². The molecule has 1 saturated heterocycles. The Balaban J connectivity index is 1.87. The van der Waals surface area contributed by atoms with E-state index in [2.05, 4.69) is 10.6 Å². The summed E-state index contributed by atoms with van der Waals surface area (Å²) < 4.78 is 0. The number of hydrogen-bond acceptors (Lipinski definition) is 2. The van der Waals surface area contributed by atoms with Gasteiger partial charge < -0.3 is 10.6 Å². The van der Waals surface area contributed by atoms with Crippen LogP contribution in [0.3, 0.4) is 0 Å². The molecule has 2 N–H and O–H groups in total. The van der Waals surface area contributed by atoms with Gasteiger partial charge in [-0.15, -0.1) is 0 Å². The highest BCUT2D eigenvalue weighted by Crippen LogP contribution is 2.35. The summed E-state index contributed by atoms with van der Waals surface area (Å²) >= 11 is 0. The minimum Gasteiger partial charge on any atom is -0.355 e. The number of hydrogen-bond donors (Lipinski definition) is 2. The topological polar surface area (TPSA) is 41.1 Å². The quantitative estimate of drug-likeness (QED) is 0.721. The molecule has 0 bridgehead atoms. The van der Waals surface area contributed by atoms with E-state index in [1.54, 1.807) is 0 Å². The third kappa shape index (κ3) is 2.51. The van der Waals surface area contributed by atoms with E-state index < -0.39 is 0 Å². The van der Waals surface area contributed by atoms with Gasteiger partial charge in [0.1, 0.15) is 0 Å². The Kier molecular flexibility index (Phi) is 3.62. The summed E-state index contributed by atoms with van der Waals surface area (Å²) in [6, 6.07) is 0.0734. The van der Waals surface area contributed by atoms with E-state index in [-0.39, 0.29) is 11.9 Å². The van der Waals surface area contributed by atoms with Crippen molar-refractivity contribution in [1.82, 2.24) is 10.6 Å². The van der Waals surface area contributed by atoms with Crippen LogP contribution < -0.4 is 10.6 Å². The summed E-state index contributed by atoms with van der Waals surface area (Å²) in [6.07, 6.45) is 6.50. The average molecular weight is 210 g/mol. The number of piperidine rings is 1. The fourth-order valence-corrected chi connectivity index (χ4v) is 3.04. The molecule has 0 aromatic carbocycles. The van der Waals surface area contributed by atoms with E-state index in [1.807, 2.05) is 6.92 Å². The molecule has 3 heteroatoms. The lowest BCUT2D eigenvalue weighted by atomic mass is 9.73. The number of fused-ring (bicyclic) bond motifs is 1. The second-order valence-electron chi connectivity index (χ2n) is 4.90. The highest BCUT2D eigenvalue weighted by Gasteiger charge is 2.34. The van der Waals surface area contributed by atoms with Crippen LogP contribution in [0.1, 0.15) is 39.0 Å². The zero-order valence-corrected chi connectivity index (χ0v) is 9.59. The van der Waals surface area contributed by atoms with Crippen molar-refractivity contribution in [3.63, 3.8) is 0 Å². The second-order valence-corrected chi connectivity index (χ2v) is 4.90. The summed E-state index contributed by atoms with van der Waals surface area (Å²) in [5.41, 5.74) is 0. The minimum absolute atomic E-state index is 0.0734. The standard InChI is InChI=1S/C12H22N2O/c1-2-13-12(15)11-7-9-5-3-4-6-10(9)8-14-11/h9-11,14H,2-8H2,1H3,(H,13,15)/t9-,10+,11-/m0/s1. The SMILES string of the molecule is CCNC(=O)[C@@H]1C[C@@H]2CCCC[C@@H]2CN1. The van der Waals surface area contributed by atoms with Gasteiger partial charge in [-0.1, -0.05) is 19.3 Å². The molecule has 0 unspecified atom stereocenters. The molecule has 2 rings (SSSR count). The first-order valence-electron chi connectivity index (χ1n) is 6.32. The zero-order valence-electron chi connectivity index (χ0n) is 9.59. The molecule has 0 aromatic heterocycles. The van der Waals surface area contributed by atoms with Gasteiger partial charge in [-0.3, -0.25) is 4.79 Å².